The van der Waals surface area contributed by atoms with Gasteiger partial charge in [0.25, 0.3) is 5.91 Å². The molecule has 1 amide bonds. The van der Waals surface area contributed by atoms with E-state index in [4.69, 9.17) is 14.7 Å². The Labute approximate surface area is 136 Å². The van der Waals surface area contributed by atoms with Crippen LogP contribution in [0.2, 0.25) is 0 Å². The average Bonchev–Trinajstić information content (AvgIpc) is 2.53. The van der Waals surface area contributed by atoms with Crippen LogP contribution in [-0.2, 0) is 6.54 Å². The van der Waals surface area contributed by atoms with Gasteiger partial charge in [-0.2, -0.15) is 0 Å². The molecule has 0 bridgehead atoms. The highest BCUT2D eigenvalue weighted by atomic mass is 16.6. The Hall–Kier alpha value is -2.31. The monoisotopic (exact) mass is 313 g/mol. The van der Waals surface area contributed by atoms with E-state index in [1.165, 1.54) is 0 Å². The maximum Gasteiger partial charge on any atom is 0.707 e. The van der Waals surface area contributed by atoms with Crippen molar-refractivity contribution >= 4 is 13.2 Å². The summed E-state index contributed by atoms with van der Waals surface area (Å²) in [4.78, 5) is 12.4. The summed E-state index contributed by atoms with van der Waals surface area (Å²) >= 11 is 0. The molecule has 120 valence electrons. The first-order valence-corrected chi connectivity index (χ1v) is 7.46. The number of rotatable bonds is 6. The SMILES string of the molecule is CC(C)c1ccccc1C(=O)NCc1ccc(OB(O)O)cc1. The number of carbonyl (C=O) groups excluding carboxylic acids is 1. The van der Waals surface area contributed by atoms with Crippen LogP contribution < -0.4 is 9.97 Å². The molecule has 0 aliphatic rings. The van der Waals surface area contributed by atoms with E-state index in [1.807, 2.05) is 24.3 Å². The second kappa shape index (κ2) is 7.81. The summed E-state index contributed by atoms with van der Waals surface area (Å²) in [5.74, 6) is 0.513. The predicted octanol–water partition coefficient (Wildman–Crippen LogP) is 2.09. The number of hydrogen-bond donors (Lipinski definition) is 3. The van der Waals surface area contributed by atoms with Crippen molar-refractivity contribution in [2.45, 2.75) is 26.3 Å². The second-order valence-electron chi connectivity index (χ2n) is 5.51. The molecule has 0 spiro atoms. The van der Waals surface area contributed by atoms with Gasteiger partial charge in [-0.25, -0.2) is 0 Å². The molecule has 0 saturated heterocycles. The van der Waals surface area contributed by atoms with Crippen LogP contribution in [0.25, 0.3) is 0 Å². The van der Waals surface area contributed by atoms with Crippen molar-refractivity contribution in [3.8, 4) is 5.75 Å². The summed E-state index contributed by atoms with van der Waals surface area (Å²) in [6.07, 6.45) is 0. The van der Waals surface area contributed by atoms with E-state index in [0.717, 1.165) is 11.1 Å². The summed E-state index contributed by atoms with van der Waals surface area (Å²) in [6.45, 7) is 4.49. The van der Waals surface area contributed by atoms with Gasteiger partial charge in [-0.1, -0.05) is 44.2 Å². The van der Waals surface area contributed by atoms with Gasteiger partial charge in [0, 0.05) is 12.1 Å². The van der Waals surface area contributed by atoms with E-state index >= 15 is 0 Å². The number of amides is 1. The Balaban J connectivity index is 1.99. The molecular formula is C17H20BNO4. The highest BCUT2D eigenvalue weighted by molar-refractivity contribution is 6.33. The highest BCUT2D eigenvalue weighted by Gasteiger charge is 2.13. The molecule has 0 atom stereocenters. The molecule has 2 aromatic carbocycles. The molecule has 0 unspecified atom stereocenters. The fraction of sp³-hybridized carbons (Fsp3) is 0.235. The molecule has 0 radical (unpaired) electrons. The number of nitrogens with one attached hydrogen (secondary N) is 1. The molecule has 0 heterocycles. The van der Waals surface area contributed by atoms with Gasteiger partial charge in [-0.15, -0.1) is 0 Å². The standard InChI is InChI=1S/C17H20BNO4/c1-12(2)15-5-3-4-6-16(15)17(20)19-11-13-7-9-14(10-8-13)23-18(21)22/h3-10,12,21-22H,11H2,1-2H3,(H,19,20). The predicted molar refractivity (Wildman–Crippen MR) is 89.0 cm³/mol. The van der Waals surface area contributed by atoms with E-state index in [-0.39, 0.29) is 11.8 Å². The molecule has 5 nitrogen and oxygen atoms in total. The topological polar surface area (TPSA) is 78.8 Å². The lowest BCUT2D eigenvalue weighted by molar-refractivity contribution is 0.0949. The fourth-order valence-electron chi connectivity index (χ4n) is 2.29. The highest BCUT2D eigenvalue weighted by Crippen LogP contribution is 2.19. The molecule has 0 aliphatic carbocycles. The smallest absolute Gasteiger partial charge is 0.512 e. The lowest BCUT2D eigenvalue weighted by Gasteiger charge is -2.13. The third-order valence-corrected chi connectivity index (χ3v) is 3.45. The van der Waals surface area contributed by atoms with Crippen LogP contribution in [0.4, 0.5) is 0 Å². The van der Waals surface area contributed by atoms with E-state index < -0.39 is 7.32 Å². The Kier molecular flexibility index (Phi) is 5.79. The maximum atomic E-state index is 12.4. The van der Waals surface area contributed by atoms with Crippen molar-refractivity contribution in [1.82, 2.24) is 5.32 Å². The number of hydrogen-bond acceptors (Lipinski definition) is 4. The van der Waals surface area contributed by atoms with Gasteiger partial charge in [0.1, 0.15) is 5.75 Å². The maximum absolute atomic E-state index is 12.4. The lowest BCUT2D eigenvalue weighted by Crippen LogP contribution is -2.24. The Bertz CT molecular complexity index is 656. The minimum Gasteiger partial charge on any atom is -0.512 e. The van der Waals surface area contributed by atoms with Crippen LogP contribution in [0.15, 0.2) is 48.5 Å². The molecule has 0 saturated carbocycles. The zero-order chi connectivity index (χ0) is 16.8. The summed E-state index contributed by atoms with van der Waals surface area (Å²) < 4.78 is 4.73. The van der Waals surface area contributed by atoms with Crippen LogP contribution in [0.5, 0.6) is 5.75 Å². The summed E-state index contributed by atoms with van der Waals surface area (Å²) in [7, 11) is -1.84. The van der Waals surface area contributed by atoms with Crippen LogP contribution in [0, 0.1) is 0 Å². The van der Waals surface area contributed by atoms with Crippen molar-refractivity contribution in [2.24, 2.45) is 0 Å². The zero-order valence-corrected chi connectivity index (χ0v) is 13.2. The van der Waals surface area contributed by atoms with Gasteiger partial charge < -0.3 is 20.0 Å². The lowest BCUT2D eigenvalue weighted by atomic mass is 9.97. The summed E-state index contributed by atoms with van der Waals surface area (Å²) in [6, 6.07) is 14.3. The van der Waals surface area contributed by atoms with Crippen molar-refractivity contribution in [1.29, 1.82) is 0 Å². The third-order valence-electron chi connectivity index (χ3n) is 3.45. The molecule has 23 heavy (non-hydrogen) atoms. The fourth-order valence-corrected chi connectivity index (χ4v) is 2.29. The van der Waals surface area contributed by atoms with E-state index in [2.05, 4.69) is 19.2 Å². The van der Waals surface area contributed by atoms with E-state index in [1.54, 1.807) is 24.3 Å². The summed E-state index contributed by atoms with van der Waals surface area (Å²) in [5, 5.41) is 20.3. The molecule has 2 rings (SSSR count). The quantitative estimate of drug-likeness (QED) is 0.714. The van der Waals surface area contributed by atoms with Gasteiger partial charge >= 0.3 is 7.32 Å². The second-order valence-corrected chi connectivity index (χ2v) is 5.51. The van der Waals surface area contributed by atoms with Crippen molar-refractivity contribution in [3.05, 3.63) is 65.2 Å². The Morgan fingerprint density at radius 1 is 1.13 bits per heavy atom. The minimum absolute atomic E-state index is 0.111. The average molecular weight is 313 g/mol. The first-order chi connectivity index (χ1) is 11.0. The summed E-state index contributed by atoms with van der Waals surface area (Å²) in [5.41, 5.74) is 2.59. The van der Waals surface area contributed by atoms with Gasteiger partial charge in [0.05, 0.1) is 0 Å². The van der Waals surface area contributed by atoms with Crippen LogP contribution in [-0.4, -0.2) is 23.3 Å². The van der Waals surface area contributed by atoms with Gasteiger partial charge in [0.2, 0.25) is 0 Å². The first-order valence-electron chi connectivity index (χ1n) is 7.46. The van der Waals surface area contributed by atoms with E-state index in [9.17, 15) is 4.79 Å². The first kappa shape index (κ1) is 17.1. The molecule has 6 heteroatoms. The largest absolute Gasteiger partial charge is 0.707 e. The number of benzene rings is 2. The molecule has 2 aromatic rings. The van der Waals surface area contributed by atoms with Gasteiger partial charge in [0.15, 0.2) is 0 Å². The van der Waals surface area contributed by atoms with Gasteiger partial charge in [-0.3, -0.25) is 4.79 Å². The molecule has 0 fully saturated rings. The Morgan fingerprint density at radius 2 is 1.78 bits per heavy atom. The number of carbonyl (C=O) groups is 1. The molecule has 3 N–H and O–H groups in total. The van der Waals surface area contributed by atoms with Gasteiger partial charge in [-0.05, 0) is 35.2 Å². The van der Waals surface area contributed by atoms with Crippen molar-refractivity contribution in [2.75, 3.05) is 0 Å². The molecule has 0 aliphatic heterocycles. The Morgan fingerprint density at radius 3 is 2.39 bits per heavy atom. The van der Waals surface area contributed by atoms with E-state index in [0.29, 0.717) is 17.9 Å². The van der Waals surface area contributed by atoms with Crippen LogP contribution >= 0.6 is 0 Å². The van der Waals surface area contributed by atoms with Crippen molar-refractivity contribution in [3.63, 3.8) is 0 Å². The normalized spacial score (nSPS) is 10.5. The molecular weight excluding hydrogens is 293 g/mol. The van der Waals surface area contributed by atoms with Crippen molar-refractivity contribution < 1.29 is 19.5 Å². The third kappa shape index (κ3) is 4.84. The zero-order valence-electron chi connectivity index (χ0n) is 13.2. The molecule has 0 aromatic heterocycles. The van der Waals surface area contributed by atoms with Crippen LogP contribution in [0.3, 0.4) is 0 Å². The van der Waals surface area contributed by atoms with Crippen LogP contribution in [0.1, 0.15) is 41.3 Å². The minimum atomic E-state index is -1.84.